The van der Waals surface area contributed by atoms with Gasteiger partial charge in [0.05, 0.1) is 0 Å². The Labute approximate surface area is 373 Å². The van der Waals surface area contributed by atoms with Gasteiger partial charge in [0.2, 0.25) is 0 Å². The van der Waals surface area contributed by atoms with E-state index in [0.717, 1.165) is 83.0 Å². The summed E-state index contributed by atoms with van der Waals surface area (Å²) in [6, 6.07) is 45.4. The Morgan fingerprint density at radius 3 is 1.54 bits per heavy atom. The van der Waals surface area contributed by atoms with Crippen molar-refractivity contribution in [3.05, 3.63) is 212 Å². The van der Waals surface area contributed by atoms with Gasteiger partial charge in [0.25, 0.3) is 0 Å². The number of hydrogen-bond acceptors (Lipinski definition) is 4. The molecule has 0 fully saturated rings. The van der Waals surface area contributed by atoms with Crippen molar-refractivity contribution in [1.82, 2.24) is 0 Å². The van der Waals surface area contributed by atoms with Gasteiger partial charge in [-0.3, -0.25) is 0 Å². The molecule has 6 aromatic carbocycles. The lowest BCUT2D eigenvalue weighted by Gasteiger charge is -2.29. The molecule has 314 valence electrons. The highest BCUT2D eigenvalue weighted by Crippen LogP contribution is 2.57. The number of aryl methyl sites for hydroxylation is 4. The number of hydrogen-bond donors (Lipinski definition) is 0. The molecule has 2 aliphatic carbocycles. The maximum absolute atomic E-state index is 13.4. The van der Waals surface area contributed by atoms with E-state index in [-0.39, 0.29) is 12.0 Å². The predicted octanol–water partition coefficient (Wildman–Crippen LogP) is 13.0. The van der Waals surface area contributed by atoms with Gasteiger partial charge in [0, 0.05) is 44.9 Å². The first kappa shape index (κ1) is 42.8. The summed E-state index contributed by atoms with van der Waals surface area (Å²) < 4.78 is 6.14. The molecular formula is C59H54O4. The molecule has 0 aliphatic heterocycles. The molecule has 0 aromatic heterocycles. The van der Waals surface area contributed by atoms with Crippen LogP contribution < -0.4 is 9.62 Å². The van der Waals surface area contributed by atoms with Crippen molar-refractivity contribution in [1.29, 1.82) is 0 Å². The fourth-order valence-electron chi connectivity index (χ4n) is 8.80. The van der Waals surface area contributed by atoms with E-state index in [0.29, 0.717) is 11.5 Å². The highest BCUT2D eigenvalue weighted by molar-refractivity contribution is 5.89. The van der Waals surface area contributed by atoms with Crippen LogP contribution in [0, 0.1) is 23.7 Å². The summed E-state index contributed by atoms with van der Waals surface area (Å²) in [6.45, 7) is 4.71. The molecule has 0 saturated heterocycles. The normalized spacial score (nSPS) is 14.8. The topological polar surface area (TPSA) is 44.8 Å². The molecule has 2 aliphatic rings. The first-order chi connectivity index (χ1) is 31.0. The molecule has 4 heteroatoms. The van der Waals surface area contributed by atoms with Gasteiger partial charge in [-0.25, -0.2) is 4.79 Å². The van der Waals surface area contributed by atoms with Crippen molar-refractivity contribution in [2.24, 2.45) is 0 Å². The molecule has 6 aromatic rings. The number of ether oxygens (including phenoxy) is 1. The minimum absolute atomic E-state index is 0.280. The molecule has 0 amide bonds. The third kappa shape index (κ3) is 10.8. The van der Waals surface area contributed by atoms with Crippen molar-refractivity contribution in [2.75, 3.05) is 6.61 Å². The van der Waals surface area contributed by atoms with Crippen molar-refractivity contribution < 1.29 is 19.3 Å². The average molecular weight is 827 g/mol. The molecule has 1 atom stereocenters. The number of carbonyl (C=O) groups is 1. The number of unbranched alkanes of at least 4 members (excludes halogenated alkanes) is 2. The minimum Gasteiger partial charge on any atom is -0.423 e. The number of rotatable bonds is 14. The highest BCUT2D eigenvalue weighted by atomic mass is 17.2. The second kappa shape index (κ2) is 20.8. The molecule has 4 nitrogen and oxygen atoms in total. The predicted molar refractivity (Wildman–Crippen MR) is 256 cm³/mol. The SMILES string of the molecule is CCCCc1ccc(C#Cc2ccc(/C=C/COOc3cccc4c3C3(CC4)CCc4cccc(OC(=O)/C=C/c5ccc(C#Cc6ccc(CCCC)cc6)cc5)c43)cc2)cc1. The summed E-state index contributed by atoms with van der Waals surface area (Å²) in [5.74, 6) is 14.0. The van der Waals surface area contributed by atoms with Gasteiger partial charge in [0.1, 0.15) is 12.4 Å². The van der Waals surface area contributed by atoms with E-state index in [1.54, 1.807) is 6.08 Å². The first-order valence-electron chi connectivity index (χ1n) is 22.5. The Balaban J connectivity index is 0.875. The monoisotopic (exact) mass is 826 g/mol. The zero-order chi connectivity index (χ0) is 43.3. The van der Waals surface area contributed by atoms with Crippen LogP contribution >= 0.6 is 0 Å². The van der Waals surface area contributed by atoms with E-state index in [2.05, 4.69) is 110 Å². The van der Waals surface area contributed by atoms with Crippen molar-refractivity contribution in [2.45, 2.75) is 83.5 Å². The third-order valence-electron chi connectivity index (χ3n) is 12.1. The highest BCUT2D eigenvalue weighted by Gasteiger charge is 2.48. The van der Waals surface area contributed by atoms with Crippen LogP contribution in [0.5, 0.6) is 11.5 Å². The zero-order valence-electron chi connectivity index (χ0n) is 36.4. The van der Waals surface area contributed by atoms with E-state index in [1.807, 2.05) is 72.8 Å². The molecule has 0 bridgehead atoms. The number of fused-ring (bicyclic) bond motifs is 4. The summed E-state index contributed by atoms with van der Waals surface area (Å²) in [6.07, 6.45) is 17.9. The lowest BCUT2D eigenvalue weighted by atomic mass is 9.76. The van der Waals surface area contributed by atoms with Gasteiger partial charge in [-0.1, -0.05) is 135 Å². The van der Waals surface area contributed by atoms with Gasteiger partial charge in [-0.05, 0) is 151 Å². The number of carbonyl (C=O) groups excluding carboxylic acids is 1. The molecule has 1 spiro atoms. The number of benzene rings is 6. The van der Waals surface area contributed by atoms with Crippen molar-refractivity contribution >= 4 is 18.1 Å². The standard InChI is InChI=1S/C59H54O4/c1-3-5-10-44-17-23-47(24-18-44)29-30-49-27-21-46(22-28-49)12-9-43-61-63-55-16-8-14-53-40-42-59(58(53)55)41-39-52-13-7-15-54(57(52)59)62-56(60)38-37-51-35-33-50(34-36-51)32-31-48-25-19-45(20-26-48)11-6-4-2/h7-9,12-28,33-38H,3-6,10-11,39-43H2,1-2H3/b12-9+,38-37+. The van der Waals surface area contributed by atoms with Gasteiger partial charge in [-0.2, -0.15) is 4.89 Å². The second-order valence-electron chi connectivity index (χ2n) is 16.5. The molecule has 63 heavy (non-hydrogen) atoms. The van der Waals surface area contributed by atoms with Crippen LogP contribution in [-0.2, 0) is 40.8 Å². The molecule has 1 unspecified atom stereocenters. The minimum atomic E-state index is -0.416. The fraction of sp³-hybridized carbons (Fsp3) is 0.237. The maximum atomic E-state index is 13.4. The molecule has 8 rings (SSSR count). The van der Waals surface area contributed by atoms with E-state index >= 15 is 0 Å². The second-order valence-corrected chi connectivity index (χ2v) is 16.5. The first-order valence-corrected chi connectivity index (χ1v) is 22.5. The van der Waals surface area contributed by atoms with Gasteiger partial charge in [0.15, 0.2) is 5.75 Å². The molecule has 0 N–H and O–H groups in total. The fourth-order valence-corrected chi connectivity index (χ4v) is 8.80. The summed E-state index contributed by atoms with van der Waals surface area (Å²) in [4.78, 5) is 25.3. The summed E-state index contributed by atoms with van der Waals surface area (Å²) in [7, 11) is 0. The molecule has 0 heterocycles. The average Bonchev–Trinajstić information content (AvgIpc) is 3.90. The van der Waals surface area contributed by atoms with Crippen LogP contribution in [0.2, 0.25) is 0 Å². The summed E-state index contributed by atoms with van der Waals surface area (Å²) in [5, 5.41) is 0. The van der Waals surface area contributed by atoms with Crippen LogP contribution in [0.4, 0.5) is 0 Å². The van der Waals surface area contributed by atoms with E-state index in [1.165, 1.54) is 54.0 Å². The van der Waals surface area contributed by atoms with Crippen LogP contribution in [0.1, 0.15) is 119 Å². The zero-order valence-corrected chi connectivity index (χ0v) is 36.4. The van der Waals surface area contributed by atoms with Gasteiger partial charge in [-0.15, -0.1) is 0 Å². The number of esters is 1. The molecule has 0 saturated carbocycles. The van der Waals surface area contributed by atoms with Crippen LogP contribution in [0.15, 0.2) is 146 Å². The Hall–Kier alpha value is -6.85. The van der Waals surface area contributed by atoms with Crippen molar-refractivity contribution in [3.8, 4) is 35.2 Å². The quantitative estimate of drug-likeness (QED) is 0.0209. The Morgan fingerprint density at radius 1 is 0.571 bits per heavy atom. The van der Waals surface area contributed by atoms with E-state index in [4.69, 9.17) is 14.5 Å². The Bertz CT molecular complexity index is 2690. The van der Waals surface area contributed by atoms with E-state index in [9.17, 15) is 4.79 Å². The lowest BCUT2D eigenvalue weighted by molar-refractivity contribution is -0.196. The van der Waals surface area contributed by atoms with Gasteiger partial charge < -0.3 is 9.62 Å². The smallest absolute Gasteiger partial charge is 0.336 e. The van der Waals surface area contributed by atoms with Crippen LogP contribution in [0.25, 0.3) is 12.2 Å². The largest absolute Gasteiger partial charge is 0.423 e. The molecule has 0 radical (unpaired) electrons. The van der Waals surface area contributed by atoms with Crippen molar-refractivity contribution in [3.63, 3.8) is 0 Å². The third-order valence-corrected chi connectivity index (χ3v) is 12.1. The summed E-state index contributed by atoms with van der Waals surface area (Å²) in [5.41, 5.74) is 12.9. The van der Waals surface area contributed by atoms with Crippen LogP contribution in [-0.4, -0.2) is 12.6 Å². The van der Waals surface area contributed by atoms with E-state index < -0.39 is 5.97 Å². The van der Waals surface area contributed by atoms with Gasteiger partial charge >= 0.3 is 5.97 Å². The maximum Gasteiger partial charge on any atom is 0.336 e. The summed E-state index contributed by atoms with van der Waals surface area (Å²) >= 11 is 0. The Kier molecular flexibility index (Phi) is 14.1. The van der Waals surface area contributed by atoms with Crippen LogP contribution in [0.3, 0.4) is 0 Å². The molecular weight excluding hydrogens is 773 g/mol. The lowest BCUT2D eigenvalue weighted by Crippen LogP contribution is -2.24. The Morgan fingerprint density at radius 2 is 1.03 bits per heavy atom.